The average Bonchev–Trinajstić information content (AvgIpc) is 2.24. The van der Waals surface area contributed by atoms with Gasteiger partial charge in [-0.15, -0.1) is 0 Å². The first-order valence-electron chi connectivity index (χ1n) is 5.78. The minimum atomic E-state index is -1.47. The smallest absolute Gasteiger partial charge is 0.220 e. The van der Waals surface area contributed by atoms with Crippen LogP contribution in [0.3, 0.4) is 0 Å². The summed E-state index contributed by atoms with van der Waals surface area (Å²) in [5, 5.41) is 22.0. The molecule has 0 fully saturated rings. The molecule has 0 bridgehead atoms. The van der Waals surface area contributed by atoms with E-state index in [1.54, 1.807) is 0 Å². The Kier molecular flexibility index (Phi) is 8.89. The van der Waals surface area contributed by atoms with Gasteiger partial charge in [-0.25, -0.2) is 0 Å². The minimum absolute atomic E-state index is 0.267. The maximum absolute atomic E-state index is 11.4. The number of unbranched alkanes of at least 4 members (excludes halogenated alkanes) is 3. The number of rotatable bonds is 9. The summed E-state index contributed by atoms with van der Waals surface area (Å²) in [7, 11) is 0. The minimum Gasteiger partial charge on any atom is -0.548 e. The number of aliphatic hydroxyl groups is 1. The van der Waals surface area contributed by atoms with Crippen molar-refractivity contribution < 1.29 is 19.8 Å². The van der Waals surface area contributed by atoms with Gasteiger partial charge in [-0.2, -0.15) is 12.6 Å². The highest BCUT2D eigenvalue weighted by Crippen LogP contribution is 2.04. The van der Waals surface area contributed by atoms with Gasteiger partial charge in [0.1, 0.15) is 0 Å². The molecule has 0 aliphatic carbocycles. The summed E-state index contributed by atoms with van der Waals surface area (Å²) in [6.45, 7) is 1.30. The Bertz CT molecular complexity index is 246. The van der Waals surface area contributed by atoms with Crippen molar-refractivity contribution in [3.05, 3.63) is 0 Å². The number of carboxylic acids is 1. The Hall–Kier alpha value is -0.750. The highest BCUT2D eigenvalue weighted by molar-refractivity contribution is 7.80. The Labute approximate surface area is 107 Å². The highest BCUT2D eigenvalue weighted by atomic mass is 32.1. The molecule has 1 amide bonds. The van der Waals surface area contributed by atoms with Crippen LogP contribution < -0.4 is 10.4 Å². The second kappa shape index (κ2) is 9.30. The predicted octanol–water partition coefficient (Wildman–Crippen LogP) is -0.518. The molecule has 2 atom stereocenters. The molecule has 2 N–H and O–H groups in total. The lowest BCUT2D eigenvalue weighted by atomic mass is 10.1. The van der Waals surface area contributed by atoms with Gasteiger partial charge < -0.3 is 20.3 Å². The van der Waals surface area contributed by atoms with E-state index in [0.717, 1.165) is 25.0 Å². The van der Waals surface area contributed by atoms with Gasteiger partial charge in [0.05, 0.1) is 18.1 Å². The predicted molar refractivity (Wildman–Crippen MR) is 65.6 cm³/mol. The largest absolute Gasteiger partial charge is 0.548 e. The van der Waals surface area contributed by atoms with Crippen LogP contribution in [0.4, 0.5) is 0 Å². The molecular weight excluding hydrogens is 242 g/mol. The molecule has 17 heavy (non-hydrogen) atoms. The Morgan fingerprint density at radius 3 is 2.35 bits per heavy atom. The summed E-state index contributed by atoms with van der Waals surface area (Å²) in [6, 6.07) is -1.33. The first-order chi connectivity index (χ1) is 7.99. The van der Waals surface area contributed by atoms with Crippen molar-refractivity contribution in [3.63, 3.8) is 0 Å². The van der Waals surface area contributed by atoms with Crippen LogP contribution in [0.1, 0.15) is 39.0 Å². The van der Waals surface area contributed by atoms with E-state index in [1.807, 2.05) is 0 Å². The second-order valence-corrected chi connectivity index (χ2v) is 4.44. The number of carbonyl (C=O) groups is 2. The molecule has 0 aromatic carbocycles. The highest BCUT2D eigenvalue weighted by Gasteiger charge is 2.18. The summed E-state index contributed by atoms with van der Waals surface area (Å²) in [6.07, 6.45) is 2.76. The third-order valence-corrected chi connectivity index (χ3v) is 2.68. The van der Waals surface area contributed by atoms with Gasteiger partial charge in [-0.1, -0.05) is 12.8 Å². The molecule has 0 spiro atoms. The molecular formula is C11H20NO4S-. The number of thiol groups is 1. The van der Waals surface area contributed by atoms with Gasteiger partial charge in [0, 0.05) is 6.42 Å². The van der Waals surface area contributed by atoms with Crippen LogP contribution in [0, 0.1) is 0 Å². The van der Waals surface area contributed by atoms with Crippen molar-refractivity contribution >= 4 is 24.5 Å². The molecule has 0 aliphatic rings. The monoisotopic (exact) mass is 262 g/mol. The van der Waals surface area contributed by atoms with Crippen molar-refractivity contribution in [2.45, 2.75) is 51.2 Å². The summed E-state index contributed by atoms with van der Waals surface area (Å²) in [5.74, 6) is -1.00. The van der Waals surface area contributed by atoms with Gasteiger partial charge in [0.2, 0.25) is 5.91 Å². The SMILES string of the molecule is C[C@@H](O)[C@H](NC(=O)CCCCCCS)C(=O)[O-]. The second-order valence-electron chi connectivity index (χ2n) is 3.99. The molecule has 0 heterocycles. The number of carboxylic acid groups (broad SMARTS) is 1. The normalized spacial score (nSPS) is 14.1. The van der Waals surface area contributed by atoms with E-state index in [1.165, 1.54) is 6.92 Å². The Morgan fingerprint density at radius 1 is 1.29 bits per heavy atom. The zero-order valence-corrected chi connectivity index (χ0v) is 10.9. The summed E-state index contributed by atoms with van der Waals surface area (Å²) < 4.78 is 0. The standard InChI is InChI=1S/C11H21NO4S/c1-8(13)10(11(15)16)12-9(14)6-4-2-3-5-7-17/h8,10,13,17H,2-7H2,1H3,(H,12,14)(H,15,16)/p-1/t8-,10+/m1/s1. The topological polar surface area (TPSA) is 89.5 Å². The van der Waals surface area contributed by atoms with Crippen molar-refractivity contribution in [3.8, 4) is 0 Å². The lowest BCUT2D eigenvalue weighted by Gasteiger charge is -2.22. The molecule has 0 aromatic heterocycles. The van der Waals surface area contributed by atoms with Crippen molar-refractivity contribution in [2.24, 2.45) is 0 Å². The zero-order chi connectivity index (χ0) is 13.3. The van der Waals surface area contributed by atoms with E-state index < -0.39 is 18.1 Å². The maximum Gasteiger partial charge on any atom is 0.220 e. The number of aliphatic carboxylic acids is 1. The molecule has 0 aliphatic heterocycles. The van der Waals surface area contributed by atoms with Gasteiger partial charge in [0.25, 0.3) is 0 Å². The van der Waals surface area contributed by atoms with E-state index >= 15 is 0 Å². The first kappa shape index (κ1) is 16.2. The van der Waals surface area contributed by atoms with Gasteiger partial charge >= 0.3 is 0 Å². The molecule has 5 nitrogen and oxygen atoms in total. The molecule has 0 unspecified atom stereocenters. The van der Waals surface area contributed by atoms with E-state index in [2.05, 4.69) is 17.9 Å². The number of nitrogens with one attached hydrogen (secondary N) is 1. The number of hydrogen-bond donors (Lipinski definition) is 3. The average molecular weight is 262 g/mol. The molecule has 0 saturated carbocycles. The summed E-state index contributed by atoms with van der Waals surface area (Å²) in [5.41, 5.74) is 0. The Morgan fingerprint density at radius 2 is 1.88 bits per heavy atom. The lowest BCUT2D eigenvalue weighted by Crippen LogP contribution is -2.53. The van der Waals surface area contributed by atoms with Crippen molar-refractivity contribution in [2.75, 3.05) is 5.75 Å². The number of amides is 1. The van der Waals surface area contributed by atoms with E-state index in [-0.39, 0.29) is 12.3 Å². The van der Waals surface area contributed by atoms with Crippen LogP contribution in [-0.2, 0) is 9.59 Å². The maximum atomic E-state index is 11.4. The summed E-state index contributed by atoms with van der Waals surface area (Å²) >= 11 is 4.07. The van der Waals surface area contributed by atoms with Crippen LogP contribution in [0.15, 0.2) is 0 Å². The quantitative estimate of drug-likeness (QED) is 0.385. The number of aliphatic hydroxyl groups excluding tert-OH is 1. The van der Waals surface area contributed by atoms with Crippen LogP contribution in [0.25, 0.3) is 0 Å². The van der Waals surface area contributed by atoms with E-state index in [0.29, 0.717) is 6.42 Å². The fourth-order valence-corrected chi connectivity index (χ4v) is 1.60. The van der Waals surface area contributed by atoms with E-state index in [9.17, 15) is 14.7 Å². The third kappa shape index (κ3) is 8.04. The molecule has 0 aromatic rings. The Balaban J connectivity index is 3.80. The first-order valence-corrected chi connectivity index (χ1v) is 6.41. The lowest BCUT2D eigenvalue weighted by molar-refractivity contribution is -0.310. The van der Waals surface area contributed by atoms with Crippen LogP contribution >= 0.6 is 12.6 Å². The molecule has 6 heteroatoms. The molecule has 0 radical (unpaired) electrons. The molecule has 0 saturated heterocycles. The zero-order valence-electron chi connectivity index (χ0n) is 10.0. The van der Waals surface area contributed by atoms with Crippen molar-refractivity contribution in [1.29, 1.82) is 0 Å². The van der Waals surface area contributed by atoms with Crippen molar-refractivity contribution in [1.82, 2.24) is 5.32 Å². The third-order valence-electron chi connectivity index (χ3n) is 2.36. The summed E-state index contributed by atoms with van der Waals surface area (Å²) in [4.78, 5) is 22.0. The fraction of sp³-hybridized carbons (Fsp3) is 0.818. The van der Waals surface area contributed by atoms with Crippen LogP contribution in [-0.4, -0.2) is 34.9 Å². The van der Waals surface area contributed by atoms with Crippen LogP contribution in [0.5, 0.6) is 0 Å². The van der Waals surface area contributed by atoms with Crippen LogP contribution in [0.2, 0.25) is 0 Å². The van der Waals surface area contributed by atoms with Gasteiger partial charge in [0.15, 0.2) is 0 Å². The number of hydrogen-bond acceptors (Lipinski definition) is 5. The fourth-order valence-electron chi connectivity index (χ4n) is 1.37. The van der Waals surface area contributed by atoms with Gasteiger partial charge in [-0.05, 0) is 25.5 Å². The van der Waals surface area contributed by atoms with E-state index in [4.69, 9.17) is 5.11 Å². The molecule has 100 valence electrons. The van der Waals surface area contributed by atoms with Gasteiger partial charge in [-0.3, -0.25) is 4.79 Å². The molecule has 0 rings (SSSR count). The number of carbonyl (C=O) groups excluding carboxylic acids is 2.